The molecule has 42 heavy (non-hydrogen) atoms. The molecular formula is C29H39Cl2N3O7S. The Morgan fingerprint density at radius 3 is 2.29 bits per heavy atom. The summed E-state index contributed by atoms with van der Waals surface area (Å²) in [6.07, 6.45) is 1.84. The van der Waals surface area contributed by atoms with Crippen LogP contribution in [0.25, 0.3) is 10.8 Å². The largest absolute Gasteiger partial charge is 0.469 e. The normalized spacial score (nSPS) is 21.7. The standard InChI is InChI=1S/C29H38ClN3O7S.ClH/c1-29(2,3)40-28(36)31-23-10-6-19(7-11-23)27(35)32-13-14-33(24(18-32)17-26(34)39-4)41(37,38)25-12-8-20-15-22(30)9-5-21(20)16-25;/h5,8-9,12,15-16,19,23-24H,6-7,10-11,13-14,17-18H2,1-4H3,(H,31,36);1H/t19-,23-,24?;. The molecule has 1 atom stereocenters. The molecule has 13 heteroatoms. The summed E-state index contributed by atoms with van der Waals surface area (Å²) >= 11 is 6.07. The van der Waals surface area contributed by atoms with Gasteiger partial charge in [0.15, 0.2) is 0 Å². The number of ether oxygens (including phenoxy) is 2. The number of nitrogens with one attached hydrogen (secondary N) is 1. The first-order valence-corrected chi connectivity index (χ1v) is 15.6. The van der Waals surface area contributed by atoms with Crippen molar-refractivity contribution in [3.63, 3.8) is 0 Å². The molecule has 1 N–H and O–H groups in total. The Hall–Kier alpha value is -2.60. The van der Waals surface area contributed by atoms with E-state index < -0.39 is 33.7 Å². The van der Waals surface area contributed by atoms with Crippen LogP contribution in [0.4, 0.5) is 4.79 Å². The fraction of sp³-hybridized carbons (Fsp3) is 0.552. The summed E-state index contributed by atoms with van der Waals surface area (Å²) in [6.45, 7) is 5.78. The van der Waals surface area contributed by atoms with Gasteiger partial charge in [0, 0.05) is 36.6 Å². The summed E-state index contributed by atoms with van der Waals surface area (Å²) in [5, 5.41) is 4.98. The highest BCUT2D eigenvalue weighted by atomic mass is 35.5. The number of methoxy groups -OCH3 is 1. The number of carbonyl (C=O) groups is 3. The summed E-state index contributed by atoms with van der Waals surface area (Å²) in [5.74, 6) is -0.845. The molecular weight excluding hydrogens is 605 g/mol. The van der Waals surface area contributed by atoms with Crippen LogP contribution in [0.1, 0.15) is 52.9 Å². The Bertz CT molecular complexity index is 1410. The molecule has 10 nitrogen and oxygen atoms in total. The van der Waals surface area contributed by atoms with Gasteiger partial charge in [0.2, 0.25) is 15.9 Å². The van der Waals surface area contributed by atoms with Gasteiger partial charge in [0.05, 0.1) is 24.5 Å². The molecule has 2 fully saturated rings. The lowest BCUT2D eigenvalue weighted by atomic mass is 9.85. The third-order valence-electron chi connectivity index (χ3n) is 7.55. The van der Waals surface area contributed by atoms with Crippen molar-refractivity contribution in [2.45, 2.75) is 75.5 Å². The van der Waals surface area contributed by atoms with Crippen molar-refractivity contribution in [3.05, 3.63) is 41.4 Å². The Morgan fingerprint density at radius 2 is 1.64 bits per heavy atom. The number of halogens is 2. The van der Waals surface area contributed by atoms with Gasteiger partial charge in [-0.25, -0.2) is 13.2 Å². The van der Waals surface area contributed by atoms with Crippen LogP contribution in [0.15, 0.2) is 41.3 Å². The number of carbonyl (C=O) groups excluding carboxylic acids is 3. The van der Waals surface area contributed by atoms with Gasteiger partial charge in [-0.05, 0) is 81.5 Å². The van der Waals surface area contributed by atoms with Crippen LogP contribution >= 0.6 is 24.0 Å². The number of hydrogen-bond acceptors (Lipinski definition) is 7. The van der Waals surface area contributed by atoms with E-state index in [9.17, 15) is 22.8 Å². The van der Waals surface area contributed by atoms with Gasteiger partial charge in [-0.1, -0.05) is 23.7 Å². The first-order chi connectivity index (χ1) is 19.3. The molecule has 1 unspecified atom stereocenters. The maximum Gasteiger partial charge on any atom is 0.407 e. The minimum Gasteiger partial charge on any atom is -0.469 e. The number of fused-ring (bicyclic) bond motifs is 1. The molecule has 2 aromatic carbocycles. The van der Waals surface area contributed by atoms with E-state index >= 15 is 0 Å². The number of hydrogen-bond donors (Lipinski definition) is 1. The predicted octanol–water partition coefficient (Wildman–Crippen LogP) is 4.76. The highest BCUT2D eigenvalue weighted by Gasteiger charge is 2.40. The Kier molecular flexibility index (Phi) is 11.1. The maximum absolute atomic E-state index is 13.8. The quantitative estimate of drug-likeness (QED) is 0.450. The molecule has 2 aliphatic rings. The zero-order valence-electron chi connectivity index (χ0n) is 24.3. The Balaban J connectivity index is 0.00000484. The fourth-order valence-corrected chi connectivity index (χ4v) is 7.33. The highest BCUT2D eigenvalue weighted by molar-refractivity contribution is 7.89. The van der Waals surface area contributed by atoms with Crippen molar-refractivity contribution < 1.29 is 32.3 Å². The molecule has 1 saturated carbocycles. The summed E-state index contributed by atoms with van der Waals surface area (Å²) in [7, 11) is -2.71. The van der Waals surface area contributed by atoms with Gasteiger partial charge in [0.25, 0.3) is 0 Å². The smallest absolute Gasteiger partial charge is 0.407 e. The monoisotopic (exact) mass is 643 g/mol. The van der Waals surface area contributed by atoms with Crippen LogP contribution in [-0.2, 0) is 29.1 Å². The molecule has 1 aliphatic carbocycles. The number of esters is 1. The molecule has 1 aliphatic heterocycles. The van der Waals surface area contributed by atoms with Gasteiger partial charge in [-0.2, -0.15) is 4.31 Å². The summed E-state index contributed by atoms with van der Waals surface area (Å²) in [6, 6.07) is 9.22. The number of nitrogens with zero attached hydrogens (tertiary/aromatic N) is 2. The van der Waals surface area contributed by atoms with Gasteiger partial charge >= 0.3 is 12.1 Å². The van der Waals surface area contributed by atoms with E-state index in [-0.39, 0.29) is 61.2 Å². The molecule has 0 bridgehead atoms. The average Bonchev–Trinajstić information content (AvgIpc) is 2.91. The van der Waals surface area contributed by atoms with Gasteiger partial charge in [-0.15, -0.1) is 12.4 Å². The molecule has 1 heterocycles. The minimum absolute atomic E-state index is 0. The number of rotatable bonds is 6. The van der Waals surface area contributed by atoms with Gasteiger partial charge in [-0.3, -0.25) is 9.59 Å². The molecule has 0 aromatic heterocycles. The maximum atomic E-state index is 13.8. The van der Waals surface area contributed by atoms with E-state index in [1.54, 1.807) is 56.0 Å². The van der Waals surface area contributed by atoms with Crippen LogP contribution in [-0.4, -0.2) is 80.0 Å². The van der Waals surface area contributed by atoms with Crippen LogP contribution in [0.3, 0.4) is 0 Å². The van der Waals surface area contributed by atoms with E-state index in [1.165, 1.54) is 17.5 Å². The lowest BCUT2D eigenvalue weighted by Gasteiger charge is -2.42. The Morgan fingerprint density at radius 1 is 1.00 bits per heavy atom. The third-order valence-corrected chi connectivity index (χ3v) is 9.73. The summed E-state index contributed by atoms with van der Waals surface area (Å²) in [5.41, 5.74) is -0.587. The summed E-state index contributed by atoms with van der Waals surface area (Å²) < 4.78 is 39.0. The van der Waals surface area contributed by atoms with E-state index in [2.05, 4.69) is 5.32 Å². The average molecular weight is 645 g/mol. The number of amides is 2. The zero-order chi connectivity index (χ0) is 29.9. The second kappa shape index (κ2) is 13.8. The molecule has 4 rings (SSSR count). The fourth-order valence-electron chi connectivity index (χ4n) is 5.50. The van der Waals surface area contributed by atoms with Crippen molar-refractivity contribution in [2.24, 2.45) is 5.92 Å². The topological polar surface area (TPSA) is 122 Å². The van der Waals surface area contributed by atoms with Crippen molar-refractivity contribution in [3.8, 4) is 0 Å². The number of benzene rings is 2. The second-order valence-electron chi connectivity index (χ2n) is 11.7. The van der Waals surface area contributed by atoms with Gasteiger partial charge < -0.3 is 19.7 Å². The van der Waals surface area contributed by atoms with E-state index in [1.807, 2.05) is 0 Å². The zero-order valence-corrected chi connectivity index (χ0v) is 26.7. The lowest BCUT2D eigenvalue weighted by molar-refractivity contribution is -0.145. The molecule has 2 aromatic rings. The third kappa shape index (κ3) is 8.27. The minimum atomic E-state index is -3.97. The first kappa shape index (κ1) is 33.9. The summed E-state index contributed by atoms with van der Waals surface area (Å²) in [4.78, 5) is 39.7. The molecule has 0 spiro atoms. The Labute approximate surface area is 258 Å². The lowest BCUT2D eigenvalue weighted by Crippen LogP contribution is -2.58. The first-order valence-electron chi connectivity index (χ1n) is 13.8. The van der Waals surface area contributed by atoms with Crippen LogP contribution < -0.4 is 5.32 Å². The highest BCUT2D eigenvalue weighted by Crippen LogP contribution is 2.30. The van der Waals surface area contributed by atoms with Crippen LogP contribution in [0.2, 0.25) is 5.02 Å². The molecule has 2 amide bonds. The van der Waals surface area contributed by atoms with E-state index in [0.717, 1.165) is 10.8 Å². The predicted molar refractivity (Wildman–Crippen MR) is 162 cm³/mol. The van der Waals surface area contributed by atoms with E-state index in [0.29, 0.717) is 30.7 Å². The van der Waals surface area contributed by atoms with Crippen molar-refractivity contribution in [1.29, 1.82) is 0 Å². The van der Waals surface area contributed by atoms with Gasteiger partial charge in [0.1, 0.15) is 5.60 Å². The molecule has 232 valence electrons. The van der Waals surface area contributed by atoms with Crippen LogP contribution in [0.5, 0.6) is 0 Å². The second-order valence-corrected chi connectivity index (χ2v) is 14.0. The van der Waals surface area contributed by atoms with Crippen LogP contribution in [0, 0.1) is 5.92 Å². The van der Waals surface area contributed by atoms with Crippen molar-refractivity contribution in [2.75, 3.05) is 26.7 Å². The van der Waals surface area contributed by atoms with Crippen molar-refractivity contribution in [1.82, 2.24) is 14.5 Å². The molecule has 1 saturated heterocycles. The number of piperazine rings is 1. The number of alkyl carbamates (subject to hydrolysis) is 1. The van der Waals surface area contributed by atoms with Crippen molar-refractivity contribution >= 4 is 62.8 Å². The van der Waals surface area contributed by atoms with E-state index in [4.69, 9.17) is 21.1 Å². The SMILES string of the molecule is COC(=O)CC1CN(C(=O)[C@H]2CC[C@H](NC(=O)OC(C)(C)C)CC2)CCN1S(=O)(=O)c1ccc2cc(Cl)ccc2c1.Cl. The number of sulfonamides is 1. The molecule has 0 radical (unpaired) electrons.